The van der Waals surface area contributed by atoms with E-state index in [1.54, 1.807) is 23.2 Å². The zero-order valence-corrected chi connectivity index (χ0v) is 13.7. The smallest absolute Gasteiger partial charge is 0.374 e. The highest BCUT2D eigenvalue weighted by atomic mass is 19.4. The number of aromatic nitrogens is 1. The van der Waals surface area contributed by atoms with Crippen LogP contribution >= 0.6 is 0 Å². The van der Waals surface area contributed by atoms with E-state index >= 15 is 0 Å². The van der Waals surface area contributed by atoms with Gasteiger partial charge in [-0.3, -0.25) is 9.78 Å². The number of fused-ring (bicyclic) bond motifs is 2. The van der Waals surface area contributed by atoms with Crippen molar-refractivity contribution in [2.45, 2.75) is 25.1 Å². The van der Waals surface area contributed by atoms with Crippen molar-refractivity contribution < 1.29 is 23.1 Å². The summed E-state index contributed by atoms with van der Waals surface area (Å²) in [4.78, 5) is 23.0. The summed E-state index contributed by atoms with van der Waals surface area (Å²) in [6.45, 7) is 2.15. The van der Waals surface area contributed by atoms with E-state index in [0.29, 0.717) is 12.2 Å². The first-order valence-corrected chi connectivity index (χ1v) is 7.98. The lowest BCUT2D eigenvalue weighted by Gasteiger charge is -2.29. The molecule has 1 N–H and O–H groups in total. The predicted molar refractivity (Wildman–Crippen MR) is 88.8 cm³/mol. The Morgan fingerprint density at radius 1 is 1.23 bits per heavy atom. The average Bonchev–Trinajstić information content (AvgIpc) is 2.93. The van der Waals surface area contributed by atoms with Crippen LogP contribution in [0.2, 0.25) is 0 Å². The number of carbonyl (C=O) groups is 1. The van der Waals surface area contributed by atoms with Crippen molar-refractivity contribution in [3.05, 3.63) is 53.3 Å². The van der Waals surface area contributed by atoms with E-state index in [9.17, 15) is 23.1 Å². The van der Waals surface area contributed by atoms with Gasteiger partial charge in [0.15, 0.2) is 5.60 Å². The van der Waals surface area contributed by atoms with E-state index in [0.717, 1.165) is 23.9 Å². The van der Waals surface area contributed by atoms with Crippen molar-refractivity contribution in [2.24, 2.45) is 4.99 Å². The second-order valence-corrected chi connectivity index (χ2v) is 6.41. The van der Waals surface area contributed by atoms with E-state index < -0.39 is 23.1 Å². The molecule has 1 atom stereocenters. The molecule has 0 bridgehead atoms. The molecule has 2 aromatic rings. The summed E-state index contributed by atoms with van der Waals surface area (Å²) >= 11 is 0. The molecule has 0 saturated carbocycles. The minimum atomic E-state index is -4.57. The molecular formula is C18H14F3N3O2. The molecule has 0 amide bonds. The van der Waals surface area contributed by atoms with E-state index in [1.807, 2.05) is 6.92 Å². The number of amidine groups is 1. The second kappa shape index (κ2) is 5.38. The van der Waals surface area contributed by atoms with Gasteiger partial charge < -0.3 is 10.0 Å². The van der Waals surface area contributed by atoms with Gasteiger partial charge in [0.2, 0.25) is 5.78 Å². The van der Waals surface area contributed by atoms with E-state index in [2.05, 4.69) is 9.98 Å². The molecule has 0 unspecified atom stereocenters. The van der Waals surface area contributed by atoms with Gasteiger partial charge in [0, 0.05) is 24.2 Å². The molecule has 2 aliphatic rings. The summed E-state index contributed by atoms with van der Waals surface area (Å²) < 4.78 is 38.8. The Labute approximate surface area is 146 Å². The predicted octanol–water partition coefficient (Wildman–Crippen LogP) is 3.28. The number of ketones is 1. The Morgan fingerprint density at radius 3 is 2.65 bits per heavy atom. The normalized spacial score (nSPS) is 22.1. The maximum absolute atomic E-state index is 12.9. The third kappa shape index (κ3) is 2.40. The fraction of sp³-hybridized carbons (Fsp3) is 0.278. The van der Waals surface area contributed by atoms with Gasteiger partial charge in [0.1, 0.15) is 5.84 Å². The van der Waals surface area contributed by atoms with Gasteiger partial charge in [-0.05, 0) is 37.3 Å². The molecule has 4 rings (SSSR count). The second-order valence-electron chi connectivity index (χ2n) is 6.41. The first-order valence-electron chi connectivity index (χ1n) is 7.98. The van der Waals surface area contributed by atoms with E-state index in [1.165, 1.54) is 0 Å². The van der Waals surface area contributed by atoms with Gasteiger partial charge in [-0.15, -0.1) is 0 Å². The highest BCUT2D eigenvalue weighted by molar-refractivity contribution is 6.28. The Balaban J connectivity index is 1.82. The van der Waals surface area contributed by atoms with Crippen molar-refractivity contribution in [1.82, 2.24) is 4.98 Å². The van der Waals surface area contributed by atoms with Crippen LogP contribution in [0.25, 0.3) is 0 Å². The fourth-order valence-corrected chi connectivity index (χ4v) is 3.28. The van der Waals surface area contributed by atoms with Gasteiger partial charge >= 0.3 is 6.18 Å². The lowest BCUT2D eigenvalue weighted by molar-refractivity contribution is -0.137. The fourth-order valence-electron chi connectivity index (χ4n) is 3.28. The molecule has 0 aliphatic carbocycles. The number of alkyl halides is 3. The number of benzene rings is 1. The number of hydrogen-bond acceptors (Lipinski definition) is 5. The number of hydrogen-bond donors (Lipinski definition) is 1. The number of aliphatic imine (C=N–C) groups is 1. The van der Waals surface area contributed by atoms with Crippen LogP contribution < -0.4 is 4.90 Å². The summed E-state index contributed by atoms with van der Waals surface area (Å²) in [5, 5.41) is 10.9. The monoisotopic (exact) mass is 361 g/mol. The van der Waals surface area contributed by atoms with Crippen LogP contribution in [0.1, 0.15) is 28.0 Å². The number of aryl methyl sites for hydroxylation is 1. The quantitative estimate of drug-likeness (QED) is 0.847. The number of nitrogens with zero attached hydrogens (tertiary/aromatic N) is 3. The van der Waals surface area contributed by atoms with Crippen LogP contribution in [0, 0.1) is 6.92 Å². The molecule has 5 nitrogen and oxygen atoms in total. The number of halogens is 3. The molecule has 3 heterocycles. The number of rotatable bonds is 1. The minimum absolute atomic E-state index is 0.0498. The van der Waals surface area contributed by atoms with Crippen LogP contribution in [0.3, 0.4) is 0 Å². The van der Waals surface area contributed by atoms with E-state index in [-0.39, 0.29) is 23.5 Å². The molecule has 0 spiro atoms. The Kier molecular flexibility index (Phi) is 3.46. The average molecular weight is 361 g/mol. The SMILES string of the molecule is Cc1ccc(N2CC[C@@]3(O)C(=O)c4cc(C(F)(F)F)ccc4N=C23)cn1. The van der Waals surface area contributed by atoms with Gasteiger partial charge in [0.25, 0.3) is 0 Å². The molecular weight excluding hydrogens is 347 g/mol. The lowest BCUT2D eigenvalue weighted by atomic mass is 9.87. The Morgan fingerprint density at radius 2 is 2.00 bits per heavy atom. The van der Waals surface area contributed by atoms with Crippen molar-refractivity contribution in [3.8, 4) is 0 Å². The van der Waals surface area contributed by atoms with Crippen LogP contribution in [-0.2, 0) is 6.18 Å². The van der Waals surface area contributed by atoms with E-state index in [4.69, 9.17) is 0 Å². The zero-order valence-electron chi connectivity index (χ0n) is 13.7. The molecule has 0 radical (unpaired) electrons. The van der Waals surface area contributed by atoms with Crippen LogP contribution in [-0.4, -0.2) is 33.9 Å². The number of Topliss-reactive ketones (excluding diaryl/α,β-unsaturated/α-hetero) is 1. The summed E-state index contributed by atoms with van der Waals surface area (Å²) in [5.41, 5.74) is -1.49. The molecule has 134 valence electrons. The van der Waals surface area contributed by atoms with Crippen LogP contribution in [0.5, 0.6) is 0 Å². The van der Waals surface area contributed by atoms with Gasteiger partial charge in [-0.1, -0.05) is 0 Å². The first-order chi connectivity index (χ1) is 12.2. The molecule has 1 aromatic carbocycles. The van der Waals surface area contributed by atoms with Gasteiger partial charge in [-0.2, -0.15) is 13.2 Å². The number of aliphatic hydroxyl groups is 1. The molecule has 1 fully saturated rings. The van der Waals surface area contributed by atoms with Gasteiger partial charge in [0.05, 0.1) is 23.1 Å². The molecule has 1 saturated heterocycles. The third-order valence-corrected chi connectivity index (χ3v) is 4.70. The maximum atomic E-state index is 12.9. The number of anilines is 1. The minimum Gasteiger partial charge on any atom is -0.374 e. The summed E-state index contributed by atoms with van der Waals surface area (Å²) in [5.74, 6) is -0.633. The van der Waals surface area contributed by atoms with Crippen molar-refractivity contribution in [2.75, 3.05) is 11.4 Å². The Hall–Kier alpha value is -2.74. The summed E-state index contributed by atoms with van der Waals surface area (Å²) in [7, 11) is 0. The standard InChI is InChI=1S/C18H14F3N3O2/c1-10-2-4-12(9-22-10)24-7-6-17(26)15(25)13-8-11(18(19,20)21)3-5-14(13)23-16(17)24/h2-5,8-9,26H,6-7H2,1H3/t17-/m1/s1. The van der Waals surface area contributed by atoms with Crippen molar-refractivity contribution in [3.63, 3.8) is 0 Å². The largest absolute Gasteiger partial charge is 0.416 e. The number of pyridine rings is 1. The summed E-state index contributed by atoms with van der Waals surface area (Å²) in [6.07, 6.45) is -2.91. The van der Waals surface area contributed by atoms with Crippen molar-refractivity contribution >= 4 is 23.0 Å². The third-order valence-electron chi connectivity index (χ3n) is 4.70. The lowest BCUT2D eigenvalue weighted by Crippen LogP contribution is -2.48. The molecule has 8 heteroatoms. The molecule has 1 aromatic heterocycles. The molecule has 26 heavy (non-hydrogen) atoms. The zero-order chi connectivity index (χ0) is 18.7. The Bertz CT molecular complexity index is 938. The first kappa shape index (κ1) is 16.7. The summed E-state index contributed by atoms with van der Waals surface area (Å²) in [6, 6.07) is 6.39. The van der Waals surface area contributed by atoms with Crippen LogP contribution in [0.4, 0.5) is 24.5 Å². The highest BCUT2D eigenvalue weighted by Crippen LogP contribution is 2.41. The maximum Gasteiger partial charge on any atom is 0.416 e. The van der Waals surface area contributed by atoms with Crippen molar-refractivity contribution in [1.29, 1.82) is 0 Å². The highest BCUT2D eigenvalue weighted by Gasteiger charge is 2.52. The van der Waals surface area contributed by atoms with Crippen LogP contribution in [0.15, 0.2) is 41.5 Å². The number of carbonyl (C=O) groups excluding carboxylic acids is 1. The molecule has 2 aliphatic heterocycles. The topological polar surface area (TPSA) is 65.8 Å². The van der Waals surface area contributed by atoms with Gasteiger partial charge in [-0.25, -0.2) is 4.99 Å².